The molecule has 0 saturated heterocycles. The fraction of sp³-hybridized carbons (Fsp3) is 0.538. The first-order valence-corrected chi connectivity index (χ1v) is 5.72. The highest BCUT2D eigenvalue weighted by Gasteiger charge is 2.16. The molecule has 1 aromatic rings. The minimum Gasteiger partial charge on any atom is -0.497 e. The molecule has 1 aliphatic rings. The number of rotatable bonds is 2. The molecule has 2 rings (SSSR count). The third kappa shape index (κ3) is 2.15. The molecule has 1 unspecified atom stereocenters. The molecule has 1 heterocycles. The summed E-state index contributed by atoms with van der Waals surface area (Å²) in [6.45, 7) is 4.44. The Morgan fingerprint density at radius 2 is 2.33 bits per heavy atom. The maximum atomic E-state index is 5.27. The van der Waals surface area contributed by atoms with E-state index >= 15 is 0 Å². The summed E-state index contributed by atoms with van der Waals surface area (Å²) in [5, 5.41) is 3.49. The second-order valence-corrected chi connectivity index (χ2v) is 4.12. The fourth-order valence-corrected chi connectivity index (χ4v) is 2.30. The Hall–Kier alpha value is -1.02. The molecule has 0 amide bonds. The predicted molar refractivity (Wildman–Crippen MR) is 62.6 cm³/mol. The first-order chi connectivity index (χ1) is 7.35. The second-order valence-electron chi connectivity index (χ2n) is 4.12. The second kappa shape index (κ2) is 4.67. The minimum absolute atomic E-state index is 0.661. The van der Waals surface area contributed by atoms with Crippen molar-refractivity contribution in [1.82, 2.24) is 5.32 Å². The number of hydrogen-bond acceptors (Lipinski definition) is 2. The van der Waals surface area contributed by atoms with E-state index in [-0.39, 0.29) is 0 Å². The number of ether oxygens (including phenoxy) is 1. The van der Waals surface area contributed by atoms with Gasteiger partial charge in [-0.3, -0.25) is 0 Å². The Morgan fingerprint density at radius 1 is 1.47 bits per heavy atom. The van der Waals surface area contributed by atoms with Crippen LogP contribution in [0, 0.1) is 0 Å². The van der Waals surface area contributed by atoms with Crippen LogP contribution in [0.3, 0.4) is 0 Å². The van der Waals surface area contributed by atoms with Gasteiger partial charge in [0, 0.05) is 6.54 Å². The third-order valence-corrected chi connectivity index (χ3v) is 3.24. The summed E-state index contributed by atoms with van der Waals surface area (Å²) in [6.07, 6.45) is 2.31. The maximum Gasteiger partial charge on any atom is 0.119 e. The van der Waals surface area contributed by atoms with Crippen LogP contribution < -0.4 is 10.1 Å². The van der Waals surface area contributed by atoms with Crippen molar-refractivity contribution in [2.24, 2.45) is 0 Å². The Morgan fingerprint density at radius 3 is 3.07 bits per heavy atom. The lowest BCUT2D eigenvalue weighted by atomic mass is 9.92. The summed E-state index contributed by atoms with van der Waals surface area (Å²) in [5.74, 6) is 1.64. The van der Waals surface area contributed by atoms with E-state index in [4.69, 9.17) is 4.74 Å². The van der Waals surface area contributed by atoms with Gasteiger partial charge >= 0.3 is 0 Å². The van der Waals surface area contributed by atoms with Gasteiger partial charge in [-0.25, -0.2) is 0 Å². The standard InChI is InChI=1S/C13H19NO/c1-3-10-9-14-7-6-11-8-12(15-2)4-5-13(10)11/h4-5,8,10,14H,3,6-7,9H2,1-2H3. The molecule has 2 nitrogen and oxygen atoms in total. The summed E-state index contributed by atoms with van der Waals surface area (Å²) in [5.41, 5.74) is 2.95. The molecule has 15 heavy (non-hydrogen) atoms. The zero-order valence-corrected chi connectivity index (χ0v) is 9.55. The van der Waals surface area contributed by atoms with Crippen molar-refractivity contribution in [2.45, 2.75) is 25.7 Å². The van der Waals surface area contributed by atoms with Gasteiger partial charge in [0.25, 0.3) is 0 Å². The average Bonchev–Trinajstić information content (AvgIpc) is 2.49. The van der Waals surface area contributed by atoms with Gasteiger partial charge in [-0.1, -0.05) is 13.0 Å². The van der Waals surface area contributed by atoms with E-state index in [1.165, 1.54) is 17.5 Å². The highest BCUT2D eigenvalue weighted by atomic mass is 16.5. The van der Waals surface area contributed by atoms with Gasteiger partial charge in [0.1, 0.15) is 5.75 Å². The van der Waals surface area contributed by atoms with E-state index < -0.39 is 0 Å². The van der Waals surface area contributed by atoms with Crippen molar-refractivity contribution in [3.8, 4) is 5.75 Å². The predicted octanol–water partition coefficient (Wildman–Crippen LogP) is 2.33. The molecule has 0 saturated carbocycles. The summed E-state index contributed by atoms with van der Waals surface area (Å²) in [6, 6.07) is 6.49. The van der Waals surface area contributed by atoms with Crippen molar-refractivity contribution < 1.29 is 4.74 Å². The monoisotopic (exact) mass is 205 g/mol. The topological polar surface area (TPSA) is 21.3 Å². The smallest absolute Gasteiger partial charge is 0.119 e. The molecule has 0 spiro atoms. The average molecular weight is 205 g/mol. The van der Waals surface area contributed by atoms with Crippen molar-refractivity contribution in [3.05, 3.63) is 29.3 Å². The number of fused-ring (bicyclic) bond motifs is 1. The Bertz CT molecular complexity index is 335. The van der Waals surface area contributed by atoms with E-state index in [1.807, 2.05) is 0 Å². The van der Waals surface area contributed by atoms with Gasteiger partial charge in [0.2, 0.25) is 0 Å². The number of hydrogen-bond donors (Lipinski definition) is 1. The molecule has 2 heteroatoms. The molecular weight excluding hydrogens is 186 g/mol. The van der Waals surface area contributed by atoms with E-state index in [0.717, 1.165) is 25.3 Å². The molecule has 0 aliphatic carbocycles. The van der Waals surface area contributed by atoms with Crippen molar-refractivity contribution in [2.75, 3.05) is 20.2 Å². The first kappa shape index (κ1) is 10.5. The zero-order valence-electron chi connectivity index (χ0n) is 9.55. The van der Waals surface area contributed by atoms with Crippen LogP contribution in [0.25, 0.3) is 0 Å². The molecule has 1 aliphatic heterocycles. The quantitative estimate of drug-likeness (QED) is 0.800. The molecule has 1 aromatic carbocycles. The molecule has 1 atom stereocenters. The lowest BCUT2D eigenvalue weighted by Crippen LogP contribution is -2.19. The number of methoxy groups -OCH3 is 1. The van der Waals surface area contributed by atoms with Crippen LogP contribution in [0.15, 0.2) is 18.2 Å². The van der Waals surface area contributed by atoms with E-state index in [0.29, 0.717) is 5.92 Å². The van der Waals surface area contributed by atoms with Crippen molar-refractivity contribution in [1.29, 1.82) is 0 Å². The van der Waals surface area contributed by atoms with Gasteiger partial charge in [-0.15, -0.1) is 0 Å². The fourth-order valence-electron chi connectivity index (χ4n) is 2.30. The first-order valence-electron chi connectivity index (χ1n) is 5.72. The van der Waals surface area contributed by atoms with Gasteiger partial charge in [-0.2, -0.15) is 0 Å². The van der Waals surface area contributed by atoms with Crippen LogP contribution in [0.4, 0.5) is 0 Å². The van der Waals surface area contributed by atoms with E-state index in [9.17, 15) is 0 Å². The Balaban J connectivity index is 2.36. The maximum absolute atomic E-state index is 5.27. The highest BCUT2D eigenvalue weighted by Crippen LogP contribution is 2.28. The summed E-state index contributed by atoms with van der Waals surface area (Å²) in [4.78, 5) is 0. The van der Waals surface area contributed by atoms with Crippen LogP contribution in [0.2, 0.25) is 0 Å². The Kier molecular flexibility index (Phi) is 3.27. The lowest BCUT2D eigenvalue weighted by Gasteiger charge is -2.16. The van der Waals surface area contributed by atoms with Crippen LogP contribution in [-0.2, 0) is 6.42 Å². The largest absolute Gasteiger partial charge is 0.497 e. The van der Waals surface area contributed by atoms with Gasteiger partial charge in [0.15, 0.2) is 0 Å². The molecule has 1 N–H and O–H groups in total. The van der Waals surface area contributed by atoms with Crippen LogP contribution in [0.5, 0.6) is 5.75 Å². The SMILES string of the molecule is CCC1CNCCc2cc(OC)ccc21. The molecule has 0 radical (unpaired) electrons. The lowest BCUT2D eigenvalue weighted by molar-refractivity contribution is 0.414. The number of benzene rings is 1. The zero-order chi connectivity index (χ0) is 10.7. The molecule has 82 valence electrons. The number of nitrogens with one attached hydrogen (secondary N) is 1. The van der Waals surface area contributed by atoms with Crippen molar-refractivity contribution in [3.63, 3.8) is 0 Å². The van der Waals surface area contributed by atoms with Crippen LogP contribution in [0.1, 0.15) is 30.4 Å². The molecule has 0 bridgehead atoms. The molecule has 0 aromatic heterocycles. The molecule has 0 fully saturated rings. The van der Waals surface area contributed by atoms with Crippen molar-refractivity contribution >= 4 is 0 Å². The third-order valence-electron chi connectivity index (χ3n) is 3.24. The van der Waals surface area contributed by atoms with Gasteiger partial charge in [0.05, 0.1) is 7.11 Å². The van der Waals surface area contributed by atoms with Gasteiger partial charge < -0.3 is 10.1 Å². The molecular formula is C13H19NO. The Labute approximate surface area is 91.6 Å². The van der Waals surface area contributed by atoms with Gasteiger partial charge in [-0.05, 0) is 48.6 Å². The van der Waals surface area contributed by atoms with E-state index in [1.54, 1.807) is 7.11 Å². The summed E-state index contributed by atoms with van der Waals surface area (Å²) >= 11 is 0. The van der Waals surface area contributed by atoms with Crippen LogP contribution in [-0.4, -0.2) is 20.2 Å². The minimum atomic E-state index is 0.661. The van der Waals surface area contributed by atoms with E-state index in [2.05, 4.69) is 30.4 Å². The summed E-state index contributed by atoms with van der Waals surface area (Å²) in [7, 11) is 1.73. The highest BCUT2D eigenvalue weighted by molar-refractivity contribution is 5.38. The van der Waals surface area contributed by atoms with Crippen LogP contribution >= 0.6 is 0 Å². The normalized spacial score (nSPS) is 20.5. The summed E-state index contributed by atoms with van der Waals surface area (Å²) < 4.78 is 5.27.